The summed E-state index contributed by atoms with van der Waals surface area (Å²) in [6.07, 6.45) is 0.264. The van der Waals surface area contributed by atoms with Crippen molar-refractivity contribution in [1.29, 1.82) is 0 Å². The maximum Gasteiger partial charge on any atom is 0.240 e. The normalized spacial score (nSPS) is 14.4. The molecule has 0 saturated carbocycles. The predicted octanol–water partition coefficient (Wildman–Crippen LogP) is 1.30. The van der Waals surface area contributed by atoms with Gasteiger partial charge in [0.25, 0.3) is 0 Å². The molecule has 0 aliphatic heterocycles. The maximum atomic E-state index is 13.8. The van der Waals surface area contributed by atoms with E-state index in [0.29, 0.717) is 5.56 Å². The van der Waals surface area contributed by atoms with Crippen molar-refractivity contribution in [2.24, 2.45) is 11.5 Å². The van der Waals surface area contributed by atoms with Crippen LogP contribution in [0.2, 0.25) is 0 Å². The Morgan fingerprint density at radius 3 is 2.32 bits per heavy atom. The molecule has 0 heterocycles. The molecule has 2 atom stereocenters. The first-order chi connectivity index (χ1) is 11.8. The predicted molar refractivity (Wildman–Crippen MR) is 94.0 cm³/mol. The summed E-state index contributed by atoms with van der Waals surface area (Å²) in [4.78, 5) is 24.2. The monoisotopic (exact) mass is 343 g/mol. The summed E-state index contributed by atoms with van der Waals surface area (Å²) in [6, 6.07) is 14.4. The first-order valence-corrected chi connectivity index (χ1v) is 7.96. The van der Waals surface area contributed by atoms with E-state index in [1.807, 2.05) is 30.3 Å². The summed E-state index contributed by atoms with van der Waals surface area (Å²) < 4.78 is 13.8. The molecule has 0 aliphatic rings. The Morgan fingerprint density at radius 1 is 1.12 bits per heavy atom. The van der Waals surface area contributed by atoms with Crippen LogP contribution in [0.5, 0.6) is 0 Å². The molecule has 5 N–H and O–H groups in total. The third-order valence-electron chi connectivity index (χ3n) is 3.97. The van der Waals surface area contributed by atoms with E-state index in [2.05, 4.69) is 5.32 Å². The van der Waals surface area contributed by atoms with Gasteiger partial charge in [-0.1, -0.05) is 48.5 Å². The van der Waals surface area contributed by atoms with Crippen molar-refractivity contribution >= 4 is 11.8 Å². The van der Waals surface area contributed by atoms with Crippen LogP contribution in [0.4, 0.5) is 4.39 Å². The molecule has 0 fully saturated rings. The van der Waals surface area contributed by atoms with Gasteiger partial charge in [0.05, 0.1) is 5.54 Å². The van der Waals surface area contributed by atoms with E-state index >= 15 is 0 Å². The van der Waals surface area contributed by atoms with Crippen molar-refractivity contribution in [2.75, 3.05) is 0 Å². The standard InChI is InChI=1S/C19H22FN3O2/c1-19(22,12-14-9-5-6-10-15(14)20)18(25)23-16(17(21)24)11-13-7-3-2-4-8-13/h2-10,16H,11-12,22H2,1H3,(H2,21,24)(H,23,25)/t16-,19-/m0/s1. The number of carbonyl (C=O) groups is 2. The Kier molecular flexibility index (Phi) is 5.88. The Labute approximate surface area is 146 Å². The zero-order valence-corrected chi connectivity index (χ0v) is 14.0. The number of hydrogen-bond acceptors (Lipinski definition) is 3. The van der Waals surface area contributed by atoms with Gasteiger partial charge in [-0.25, -0.2) is 4.39 Å². The molecule has 0 radical (unpaired) electrons. The minimum atomic E-state index is -1.38. The van der Waals surface area contributed by atoms with Gasteiger partial charge in [-0.2, -0.15) is 0 Å². The lowest BCUT2D eigenvalue weighted by Gasteiger charge is -2.26. The van der Waals surface area contributed by atoms with Gasteiger partial charge in [-0.05, 0) is 24.1 Å². The highest BCUT2D eigenvalue weighted by atomic mass is 19.1. The van der Waals surface area contributed by atoms with Gasteiger partial charge in [0.15, 0.2) is 0 Å². The SMILES string of the molecule is C[C@](N)(Cc1ccccc1F)C(=O)N[C@@H](Cc1ccccc1)C(N)=O. The van der Waals surface area contributed by atoms with Crippen LogP contribution in [0.15, 0.2) is 54.6 Å². The van der Waals surface area contributed by atoms with Gasteiger partial charge in [0.2, 0.25) is 11.8 Å². The lowest BCUT2D eigenvalue weighted by Crippen LogP contribution is -2.58. The molecule has 0 aliphatic carbocycles. The third-order valence-corrected chi connectivity index (χ3v) is 3.97. The quantitative estimate of drug-likeness (QED) is 0.707. The molecule has 0 aromatic heterocycles. The number of nitrogens with one attached hydrogen (secondary N) is 1. The fraction of sp³-hybridized carbons (Fsp3) is 0.263. The summed E-state index contributed by atoms with van der Waals surface area (Å²) in [7, 11) is 0. The molecule has 2 aromatic rings. The maximum absolute atomic E-state index is 13.8. The molecular formula is C19H22FN3O2. The first-order valence-electron chi connectivity index (χ1n) is 7.96. The largest absolute Gasteiger partial charge is 0.368 e. The highest BCUT2D eigenvalue weighted by Gasteiger charge is 2.32. The second-order valence-electron chi connectivity index (χ2n) is 6.30. The van der Waals surface area contributed by atoms with Crippen LogP contribution in [0.1, 0.15) is 18.1 Å². The number of primary amides is 1. The molecule has 25 heavy (non-hydrogen) atoms. The summed E-state index contributed by atoms with van der Waals surface area (Å²) in [5.41, 5.74) is 11.3. The molecule has 0 saturated heterocycles. The van der Waals surface area contributed by atoms with E-state index in [1.165, 1.54) is 13.0 Å². The van der Waals surface area contributed by atoms with Crippen LogP contribution in [0.25, 0.3) is 0 Å². The van der Waals surface area contributed by atoms with Crippen molar-refractivity contribution in [3.63, 3.8) is 0 Å². The molecule has 5 nitrogen and oxygen atoms in total. The van der Waals surface area contributed by atoms with E-state index < -0.39 is 29.2 Å². The molecule has 132 valence electrons. The number of hydrogen-bond donors (Lipinski definition) is 3. The van der Waals surface area contributed by atoms with E-state index in [1.54, 1.807) is 18.2 Å². The number of amides is 2. The topological polar surface area (TPSA) is 98.2 Å². The minimum Gasteiger partial charge on any atom is -0.368 e. The Balaban J connectivity index is 2.08. The summed E-state index contributed by atoms with van der Waals surface area (Å²) in [5.74, 6) is -1.64. The van der Waals surface area contributed by atoms with Crippen LogP contribution in [0, 0.1) is 5.82 Å². The fourth-order valence-electron chi connectivity index (χ4n) is 2.51. The lowest BCUT2D eigenvalue weighted by atomic mass is 9.92. The van der Waals surface area contributed by atoms with Crippen LogP contribution >= 0.6 is 0 Å². The van der Waals surface area contributed by atoms with E-state index in [0.717, 1.165) is 5.56 Å². The molecule has 0 bridgehead atoms. The van der Waals surface area contributed by atoms with Crippen molar-refractivity contribution in [3.05, 3.63) is 71.5 Å². The van der Waals surface area contributed by atoms with E-state index in [9.17, 15) is 14.0 Å². The van der Waals surface area contributed by atoms with Crippen molar-refractivity contribution in [3.8, 4) is 0 Å². The van der Waals surface area contributed by atoms with E-state index in [4.69, 9.17) is 11.5 Å². The Hall–Kier alpha value is -2.73. The summed E-state index contributed by atoms with van der Waals surface area (Å²) in [6.45, 7) is 1.50. The minimum absolute atomic E-state index is 0.00231. The molecule has 6 heteroatoms. The van der Waals surface area contributed by atoms with Crippen LogP contribution < -0.4 is 16.8 Å². The van der Waals surface area contributed by atoms with Crippen LogP contribution in [-0.2, 0) is 22.4 Å². The summed E-state index contributed by atoms with van der Waals surface area (Å²) >= 11 is 0. The molecule has 2 rings (SSSR count). The smallest absolute Gasteiger partial charge is 0.240 e. The van der Waals surface area contributed by atoms with Crippen molar-refractivity contribution < 1.29 is 14.0 Å². The average Bonchev–Trinajstić information content (AvgIpc) is 2.57. The van der Waals surface area contributed by atoms with Gasteiger partial charge in [0, 0.05) is 12.8 Å². The van der Waals surface area contributed by atoms with E-state index in [-0.39, 0.29) is 12.8 Å². The van der Waals surface area contributed by atoms with Crippen molar-refractivity contribution in [1.82, 2.24) is 5.32 Å². The number of nitrogens with two attached hydrogens (primary N) is 2. The zero-order chi connectivity index (χ0) is 18.4. The van der Waals surface area contributed by atoms with Gasteiger partial charge in [0.1, 0.15) is 11.9 Å². The lowest BCUT2D eigenvalue weighted by molar-refractivity contribution is -0.130. The molecular weight excluding hydrogens is 321 g/mol. The zero-order valence-electron chi connectivity index (χ0n) is 14.0. The third kappa shape index (κ3) is 5.12. The number of carbonyl (C=O) groups excluding carboxylic acids is 2. The van der Waals surface area contributed by atoms with Crippen LogP contribution in [0.3, 0.4) is 0 Å². The first kappa shape index (κ1) is 18.6. The Bertz CT molecular complexity index is 747. The highest BCUT2D eigenvalue weighted by Crippen LogP contribution is 2.15. The van der Waals surface area contributed by atoms with Crippen molar-refractivity contribution in [2.45, 2.75) is 31.3 Å². The number of rotatable bonds is 7. The average molecular weight is 343 g/mol. The number of benzene rings is 2. The fourth-order valence-corrected chi connectivity index (χ4v) is 2.51. The van der Waals surface area contributed by atoms with Gasteiger partial charge in [-0.3, -0.25) is 9.59 Å². The molecule has 0 spiro atoms. The molecule has 0 unspecified atom stereocenters. The molecule has 2 aromatic carbocycles. The second-order valence-corrected chi connectivity index (χ2v) is 6.30. The van der Waals surface area contributed by atoms with Gasteiger partial charge >= 0.3 is 0 Å². The summed E-state index contributed by atoms with van der Waals surface area (Å²) in [5, 5.41) is 2.58. The second kappa shape index (κ2) is 7.90. The van der Waals surface area contributed by atoms with Crippen LogP contribution in [-0.4, -0.2) is 23.4 Å². The number of halogens is 1. The highest BCUT2D eigenvalue weighted by molar-refractivity contribution is 5.91. The Morgan fingerprint density at radius 2 is 1.72 bits per heavy atom. The van der Waals surface area contributed by atoms with Gasteiger partial charge < -0.3 is 16.8 Å². The van der Waals surface area contributed by atoms with Gasteiger partial charge in [-0.15, -0.1) is 0 Å². The molecule has 2 amide bonds.